The van der Waals surface area contributed by atoms with Crippen molar-refractivity contribution in [1.29, 1.82) is 0 Å². The molecule has 7 nitrogen and oxygen atoms in total. The minimum absolute atomic E-state index is 0.0296. The van der Waals surface area contributed by atoms with E-state index in [2.05, 4.69) is 17.6 Å². The van der Waals surface area contributed by atoms with E-state index in [1.54, 1.807) is 15.9 Å². The Labute approximate surface area is 242 Å². The van der Waals surface area contributed by atoms with Gasteiger partial charge in [0.05, 0.1) is 23.4 Å². The number of carbonyl (C=O) groups excluding carboxylic acids is 2. The molecule has 0 fully saturated rings. The number of nitrogens with one attached hydrogen (secondary N) is 2. The summed E-state index contributed by atoms with van der Waals surface area (Å²) in [7, 11) is 0. The van der Waals surface area contributed by atoms with Crippen LogP contribution in [0.15, 0.2) is 46.3 Å². The molecular formula is C31H34N4O3S2. The Kier molecular flexibility index (Phi) is 8.14. The summed E-state index contributed by atoms with van der Waals surface area (Å²) in [6.07, 6.45) is 2.92. The Balaban J connectivity index is 1.36. The van der Waals surface area contributed by atoms with Crippen molar-refractivity contribution < 1.29 is 9.59 Å². The second-order valence-corrected chi connectivity index (χ2v) is 12.8. The Hall–Kier alpha value is -3.43. The highest BCUT2D eigenvalue weighted by molar-refractivity contribution is 7.99. The second kappa shape index (κ2) is 11.6. The van der Waals surface area contributed by atoms with Gasteiger partial charge in [-0.25, -0.2) is 4.98 Å². The highest BCUT2D eigenvalue weighted by atomic mass is 32.2. The molecule has 4 aromatic rings. The third-order valence-electron chi connectivity index (χ3n) is 7.37. The smallest absolute Gasteiger partial charge is 0.267 e. The van der Waals surface area contributed by atoms with Crippen molar-refractivity contribution in [3.8, 4) is 5.69 Å². The van der Waals surface area contributed by atoms with E-state index in [-0.39, 0.29) is 29.7 Å². The van der Waals surface area contributed by atoms with Crippen molar-refractivity contribution in [3.63, 3.8) is 0 Å². The summed E-state index contributed by atoms with van der Waals surface area (Å²) in [5.41, 5.74) is 6.62. The summed E-state index contributed by atoms with van der Waals surface area (Å²) in [5.74, 6) is 0.0281. The fourth-order valence-electron chi connectivity index (χ4n) is 5.42. The van der Waals surface area contributed by atoms with Gasteiger partial charge in [-0.1, -0.05) is 54.6 Å². The van der Waals surface area contributed by atoms with E-state index in [0.29, 0.717) is 16.5 Å². The van der Waals surface area contributed by atoms with Crippen molar-refractivity contribution in [2.24, 2.45) is 5.92 Å². The molecule has 2 aromatic carbocycles. The minimum Gasteiger partial charge on any atom is -0.346 e. The van der Waals surface area contributed by atoms with Gasteiger partial charge < -0.3 is 10.6 Å². The number of hydrogen-bond donors (Lipinski definition) is 2. The molecule has 0 aliphatic heterocycles. The van der Waals surface area contributed by atoms with Crippen LogP contribution in [-0.4, -0.2) is 33.7 Å². The lowest BCUT2D eigenvalue weighted by atomic mass is 9.89. The summed E-state index contributed by atoms with van der Waals surface area (Å²) in [4.78, 5) is 46.3. The number of carbonyl (C=O) groups is 2. The van der Waals surface area contributed by atoms with Gasteiger partial charge in [-0.3, -0.25) is 19.0 Å². The maximum Gasteiger partial charge on any atom is 0.267 e. The van der Waals surface area contributed by atoms with Crippen LogP contribution >= 0.6 is 23.1 Å². The Morgan fingerprint density at radius 2 is 1.80 bits per heavy atom. The third kappa shape index (κ3) is 5.71. The quantitative estimate of drug-likeness (QED) is 0.220. The number of para-hydroxylation sites is 1. The maximum absolute atomic E-state index is 14.0. The third-order valence-corrected chi connectivity index (χ3v) is 9.46. The van der Waals surface area contributed by atoms with Crippen molar-refractivity contribution in [1.82, 2.24) is 14.9 Å². The fourth-order valence-corrected chi connectivity index (χ4v) is 7.68. The molecule has 208 valence electrons. The molecule has 0 bridgehead atoms. The lowest BCUT2D eigenvalue weighted by Gasteiger charge is -2.18. The van der Waals surface area contributed by atoms with E-state index < -0.39 is 0 Å². The number of aryl methyl sites for hydroxylation is 5. The standard InChI is InChI=1S/C31H34N4O3S2/c1-17-10-11-22-24(14-17)40-29-27(22)30(38)35(23-9-7-6-8-19(23)3)31(34-29)39-16-26(37)32-15-25(36)33-28-20(4)12-18(2)13-21(28)5/h6-9,12-13,17H,10-11,14-16H2,1-5H3,(H,32,37)(H,33,36)/t17-/m0/s1. The first kappa shape index (κ1) is 28.1. The molecule has 1 atom stereocenters. The molecule has 2 amide bonds. The number of nitrogens with zero attached hydrogens (tertiary/aromatic N) is 2. The number of thioether (sulfide) groups is 1. The number of amides is 2. The first-order chi connectivity index (χ1) is 19.1. The van der Waals surface area contributed by atoms with E-state index in [1.165, 1.54) is 16.6 Å². The molecule has 1 aliphatic rings. The van der Waals surface area contributed by atoms with Gasteiger partial charge in [0, 0.05) is 10.6 Å². The van der Waals surface area contributed by atoms with Crippen molar-refractivity contribution in [3.05, 3.63) is 79.4 Å². The maximum atomic E-state index is 14.0. The molecule has 5 rings (SSSR count). The van der Waals surface area contributed by atoms with Crippen LogP contribution in [-0.2, 0) is 22.4 Å². The topological polar surface area (TPSA) is 93.1 Å². The summed E-state index contributed by atoms with van der Waals surface area (Å²) in [6, 6.07) is 11.7. The van der Waals surface area contributed by atoms with Gasteiger partial charge >= 0.3 is 0 Å². The number of thiophene rings is 1. The average Bonchev–Trinajstić information content (AvgIpc) is 3.26. The number of rotatable bonds is 7. The molecule has 0 saturated carbocycles. The van der Waals surface area contributed by atoms with Gasteiger partial charge in [0.25, 0.3) is 5.56 Å². The molecular weight excluding hydrogens is 541 g/mol. The van der Waals surface area contributed by atoms with Crippen LogP contribution in [0.1, 0.15) is 46.0 Å². The Bertz CT molecular complexity index is 1670. The molecule has 9 heteroatoms. The first-order valence-corrected chi connectivity index (χ1v) is 15.3. The zero-order valence-electron chi connectivity index (χ0n) is 23.5. The number of hydrogen-bond acceptors (Lipinski definition) is 6. The highest BCUT2D eigenvalue weighted by Crippen LogP contribution is 2.37. The largest absolute Gasteiger partial charge is 0.346 e. The fraction of sp³-hybridized carbons (Fsp3) is 0.355. The van der Waals surface area contributed by atoms with Crippen LogP contribution in [0.4, 0.5) is 5.69 Å². The van der Waals surface area contributed by atoms with E-state index >= 15 is 0 Å². The minimum atomic E-state index is -0.303. The summed E-state index contributed by atoms with van der Waals surface area (Å²) < 4.78 is 1.65. The van der Waals surface area contributed by atoms with Gasteiger partial charge in [-0.2, -0.15) is 0 Å². The molecule has 2 heterocycles. The van der Waals surface area contributed by atoms with E-state index in [1.807, 2.05) is 64.1 Å². The second-order valence-electron chi connectivity index (χ2n) is 10.7. The van der Waals surface area contributed by atoms with Crippen LogP contribution in [0.3, 0.4) is 0 Å². The molecule has 40 heavy (non-hydrogen) atoms. The van der Waals surface area contributed by atoms with Gasteiger partial charge in [0.2, 0.25) is 11.8 Å². The number of aromatic nitrogens is 2. The van der Waals surface area contributed by atoms with E-state index in [9.17, 15) is 14.4 Å². The van der Waals surface area contributed by atoms with Crippen molar-refractivity contribution >= 4 is 50.8 Å². The summed E-state index contributed by atoms with van der Waals surface area (Å²) in [5, 5.41) is 6.80. The SMILES string of the molecule is Cc1cc(C)c(NC(=O)CNC(=O)CSc2nc3sc4c(c3c(=O)n2-c2ccccc2C)CC[C@H](C)C4)c(C)c1. The van der Waals surface area contributed by atoms with Crippen LogP contribution in [0, 0.1) is 33.6 Å². The zero-order valence-corrected chi connectivity index (χ0v) is 25.1. The van der Waals surface area contributed by atoms with Crippen molar-refractivity contribution in [2.75, 3.05) is 17.6 Å². The van der Waals surface area contributed by atoms with Crippen LogP contribution < -0.4 is 16.2 Å². The van der Waals surface area contributed by atoms with E-state index in [0.717, 1.165) is 63.3 Å². The number of benzene rings is 2. The monoisotopic (exact) mass is 574 g/mol. The van der Waals surface area contributed by atoms with Crippen molar-refractivity contribution in [2.45, 2.75) is 59.0 Å². The highest BCUT2D eigenvalue weighted by Gasteiger charge is 2.26. The van der Waals surface area contributed by atoms with E-state index in [4.69, 9.17) is 4.98 Å². The molecule has 0 radical (unpaired) electrons. The van der Waals surface area contributed by atoms with Gasteiger partial charge in [-0.05, 0) is 81.2 Å². The molecule has 2 aromatic heterocycles. The summed E-state index contributed by atoms with van der Waals surface area (Å²) in [6.45, 7) is 9.99. The molecule has 0 unspecified atom stereocenters. The summed E-state index contributed by atoms with van der Waals surface area (Å²) >= 11 is 2.81. The molecule has 0 spiro atoms. The van der Waals surface area contributed by atoms with Gasteiger partial charge in [0.1, 0.15) is 4.83 Å². The molecule has 2 N–H and O–H groups in total. The Morgan fingerprint density at radius 1 is 1.07 bits per heavy atom. The molecule has 0 saturated heterocycles. The van der Waals surface area contributed by atoms with Gasteiger partial charge in [-0.15, -0.1) is 11.3 Å². The van der Waals surface area contributed by atoms with Gasteiger partial charge in [0.15, 0.2) is 5.16 Å². The number of anilines is 1. The van der Waals surface area contributed by atoms with Crippen LogP contribution in [0.2, 0.25) is 0 Å². The lowest BCUT2D eigenvalue weighted by Crippen LogP contribution is -2.34. The predicted octanol–water partition coefficient (Wildman–Crippen LogP) is 5.65. The van der Waals surface area contributed by atoms with Crippen LogP contribution in [0.5, 0.6) is 0 Å². The zero-order chi connectivity index (χ0) is 28.6. The Morgan fingerprint density at radius 3 is 2.52 bits per heavy atom. The number of fused-ring (bicyclic) bond motifs is 3. The lowest BCUT2D eigenvalue weighted by molar-refractivity contribution is -0.122. The first-order valence-electron chi connectivity index (χ1n) is 13.5. The van der Waals surface area contributed by atoms with Crippen LogP contribution in [0.25, 0.3) is 15.9 Å². The average molecular weight is 575 g/mol. The normalized spacial score (nSPS) is 14.7. The molecule has 1 aliphatic carbocycles. The predicted molar refractivity (Wildman–Crippen MR) is 164 cm³/mol.